The zero-order valence-electron chi connectivity index (χ0n) is 9.18. The molecule has 0 radical (unpaired) electrons. The second-order valence-electron chi connectivity index (χ2n) is 4.88. The first-order chi connectivity index (χ1) is 6.11. The lowest BCUT2D eigenvalue weighted by Gasteiger charge is -2.30. The maximum absolute atomic E-state index is 11.3. The molecule has 0 bridgehead atoms. The molecule has 0 aromatic carbocycles. The highest BCUT2D eigenvalue weighted by molar-refractivity contribution is 5.78. The second-order valence-corrected chi connectivity index (χ2v) is 4.88. The van der Waals surface area contributed by atoms with Crippen LogP contribution in [0.15, 0.2) is 0 Å². The highest BCUT2D eigenvalue weighted by Crippen LogP contribution is 2.34. The Hall–Kier alpha value is -0.330. The normalized spacial score (nSPS) is 34.5. The quantitative estimate of drug-likeness (QED) is 0.653. The van der Waals surface area contributed by atoms with Crippen molar-refractivity contribution < 1.29 is 4.79 Å². The smallest absolute Gasteiger partial charge is 0.132 e. The summed E-state index contributed by atoms with van der Waals surface area (Å²) >= 11 is 0. The van der Waals surface area contributed by atoms with E-state index < -0.39 is 0 Å². The summed E-state index contributed by atoms with van der Waals surface area (Å²) < 4.78 is 0. The van der Waals surface area contributed by atoms with Gasteiger partial charge in [-0.2, -0.15) is 0 Å². The van der Waals surface area contributed by atoms with Crippen molar-refractivity contribution in [2.75, 3.05) is 0 Å². The minimum atomic E-state index is 0.450. The van der Waals surface area contributed by atoms with Crippen molar-refractivity contribution in [3.63, 3.8) is 0 Å². The number of Topliss-reactive ketones (excluding diaryl/α,β-unsaturated/α-hetero) is 1. The van der Waals surface area contributed by atoms with Crippen LogP contribution in [-0.4, -0.2) is 5.78 Å². The number of hydrogen-bond donors (Lipinski definition) is 0. The maximum atomic E-state index is 11.3. The first kappa shape index (κ1) is 10.7. The summed E-state index contributed by atoms with van der Waals surface area (Å²) in [6, 6.07) is 0. The fourth-order valence-electron chi connectivity index (χ4n) is 2.75. The topological polar surface area (TPSA) is 17.1 Å². The first-order valence-electron chi connectivity index (χ1n) is 5.63. The zero-order valence-corrected chi connectivity index (χ0v) is 9.18. The van der Waals surface area contributed by atoms with E-state index in [2.05, 4.69) is 13.8 Å². The van der Waals surface area contributed by atoms with E-state index in [-0.39, 0.29) is 0 Å². The monoisotopic (exact) mass is 182 g/mol. The van der Waals surface area contributed by atoms with Gasteiger partial charge in [0.1, 0.15) is 5.78 Å². The van der Waals surface area contributed by atoms with Crippen LogP contribution in [0.4, 0.5) is 0 Å². The average molecular weight is 182 g/mol. The van der Waals surface area contributed by atoms with Gasteiger partial charge in [-0.3, -0.25) is 4.79 Å². The molecule has 0 amide bonds. The molecular formula is C12H22O. The van der Waals surface area contributed by atoms with Gasteiger partial charge in [0.05, 0.1) is 0 Å². The molecule has 1 saturated carbocycles. The number of carbonyl (C=O) groups excluding carboxylic acids is 1. The fraction of sp³-hybridized carbons (Fsp3) is 0.917. The minimum absolute atomic E-state index is 0.450. The molecule has 0 heterocycles. The lowest BCUT2D eigenvalue weighted by atomic mass is 9.75. The van der Waals surface area contributed by atoms with Crippen molar-refractivity contribution in [2.24, 2.45) is 17.8 Å². The number of ketones is 1. The van der Waals surface area contributed by atoms with Gasteiger partial charge in [0, 0.05) is 12.8 Å². The lowest BCUT2D eigenvalue weighted by molar-refractivity contribution is -0.120. The van der Waals surface area contributed by atoms with E-state index in [1.807, 2.05) is 6.92 Å². The predicted octanol–water partition coefficient (Wildman–Crippen LogP) is 3.43. The van der Waals surface area contributed by atoms with Crippen LogP contribution >= 0.6 is 0 Å². The molecule has 13 heavy (non-hydrogen) atoms. The highest BCUT2D eigenvalue weighted by atomic mass is 16.1. The van der Waals surface area contributed by atoms with Crippen molar-refractivity contribution in [1.29, 1.82) is 0 Å². The largest absolute Gasteiger partial charge is 0.300 e. The highest BCUT2D eigenvalue weighted by Gasteiger charge is 2.24. The molecule has 0 N–H and O–H groups in total. The number of carbonyl (C=O) groups is 1. The Morgan fingerprint density at radius 3 is 2.15 bits per heavy atom. The average Bonchev–Trinajstić information content (AvgIpc) is 2.02. The third-order valence-corrected chi connectivity index (χ3v) is 3.19. The van der Waals surface area contributed by atoms with Crippen molar-refractivity contribution in [2.45, 2.75) is 52.9 Å². The summed E-state index contributed by atoms with van der Waals surface area (Å²) in [5.74, 6) is 2.80. The molecule has 1 heteroatoms. The van der Waals surface area contributed by atoms with E-state index in [1.54, 1.807) is 0 Å². The van der Waals surface area contributed by atoms with Crippen molar-refractivity contribution in [1.82, 2.24) is 0 Å². The third-order valence-electron chi connectivity index (χ3n) is 3.19. The molecule has 2 unspecified atom stereocenters. The Bertz CT molecular complexity index is 164. The Balaban J connectivity index is 2.37. The third kappa shape index (κ3) is 3.50. The molecule has 76 valence electrons. The van der Waals surface area contributed by atoms with Crippen LogP contribution in [0.5, 0.6) is 0 Å². The maximum Gasteiger partial charge on any atom is 0.132 e. The summed E-state index contributed by atoms with van der Waals surface area (Å²) in [6.07, 6.45) is 5.47. The van der Waals surface area contributed by atoms with E-state index in [1.165, 1.54) is 19.3 Å². The number of hydrogen-bond acceptors (Lipinski definition) is 1. The van der Waals surface area contributed by atoms with Gasteiger partial charge in [-0.1, -0.05) is 20.8 Å². The van der Waals surface area contributed by atoms with E-state index in [0.29, 0.717) is 11.7 Å². The predicted molar refractivity (Wildman–Crippen MR) is 55.6 cm³/mol. The first-order valence-corrected chi connectivity index (χ1v) is 5.63. The summed E-state index contributed by atoms with van der Waals surface area (Å²) in [5, 5.41) is 0. The Morgan fingerprint density at radius 1 is 1.15 bits per heavy atom. The van der Waals surface area contributed by atoms with Gasteiger partial charge in [-0.15, -0.1) is 0 Å². The fourth-order valence-corrected chi connectivity index (χ4v) is 2.75. The van der Waals surface area contributed by atoms with Crippen LogP contribution in [-0.2, 0) is 4.79 Å². The molecule has 0 aromatic heterocycles. The van der Waals surface area contributed by atoms with E-state index in [0.717, 1.165) is 24.7 Å². The molecule has 1 fully saturated rings. The molecule has 1 aliphatic rings. The van der Waals surface area contributed by atoms with E-state index in [9.17, 15) is 4.79 Å². The van der Waals surface area contributed by atoms with Gasteiger partial charge >= 0.3 is 0 Å². The van der Waals surface area contributed by atoms with Crippen LogP contribution in [0.25, 0.3) is 0 Å². The van der Waals surface area contributed by atoms with Gasteiger partial charge in [0.2, 0.25) is 0 Å². The van der Waals surface area contributed by atoms with Crippen LogP contribution in [0.2, 0.25) is 0 Å². The summed E-state index contributed by atoms with van der Waals surface area (Å²) in [4.78, 5) is 11.3. The molecule has 0 spiro atoms. The van der Waals surface area contributed by atoms with Gasteiger partial charge < -0.3 is 0 Å². The second kappa shape index (κ2) is 4.78. The number of rotatable bonds is 3. The Labute approximate surface area is 81.9 Å². The van der Waals surface area contributed by atoms with E-state index >= 15 is 0 Å². The summed E-state index contributed by atoms with van der Waals surface area (Å²) in [6.45, 7) is 6.61. The van der Waals surface area contributed by atoms with Crippen molar-refractivity contribution in [3.05, 3.63) is 0 Å². The van der Waals surface area contributed by atoms with Gasteiger partial charge in [0.15, 0.2) is 0 Å². The Kier molecular flexibility index (Phi) is 3.95. The van der Waals surface area contributed by atoms with Gasteiger partial charge in [-0.25, -0.2) is 0 Å². The summed E-state index contributed by atoms with van der Waals surface area (Å²) in [7, 11) is 0. The van der Waals surface area contributed by atoms with Crippen LogP contribution in [0.1, 0.15) is 52.9 Å². The van der Waals surface area contributed by atoms with Gasteiger partial charge in [0.25, 0.3) is 0 Å². The molecule has 1 aliphatic carbocycles. The molecule has 1 rings (SSSR count). The molecule has 2 atom stereocenters. The molecule has 0 aliphatic heterocycles. The van der Waals surface area contributed by atoms with Crippen LogP contribution in [0, 0.1) is 17.8 Å². The van der Waals surface area contributed by atoms with E-state index in [4.69, 9.17) is 0 Å². The minimum Gasteiger partial charge on any atom is -0.300 e. The lowest BCUT2D eigenvalue weighted by Crippen LogP contribution is -2.21. The SMILES string of the molecule is CCC(=O)CC1CC(C)CC(C)C1. The van der Waals surface area contributed by atoms with Crippen LogP contribution < -0.4 is 0 Å². The summed E-state index contributed by atoms with van der Waals surface area (Å²) in [5.41, 5.74) is 0. The molecule has 0 saturated heterocycles. The Morgan fingerprint density at radius 2 is 1.69 bits per heavy atom. The van der Waals surface area contributed by atoms with Crippen LogP contribution in [0.3, 0.4) is 0 Å². The van der Waals surface area contributed by atoms with Crippen molar-refractivity contribution >= 4 is 5.78 Å². The standard InChI is InChI=1S/C12H22O/c1-4-12(13)8-11-6-9(2)5-10(3)7-11/h9-11H,4-8H2,1-3H3. The van der Waals surface area contributed by atoms with Gasteiger partial charge in [-0.05, 0) is 37.0 Å². The van der Waals surface area contributed by atoms with Crippen molar-refractivity contribution in [3.8, 4) is 0 Å². The molecular weight excluding hydrogens is 160 g/mol. The molecule has 0 aromatic rings. The molecule has 1 nitrogen and oxygen atoms in total. The zero-order chi connectivity index (χ0) is 9.84.